The molecule has 1 atom stereocenters. The summed E-state index contributed by atoms with van der Waals surface area (Å²) in [7, 11) is 2.09. The van der Waals surface area contributed by atoms with Crippen molar-refractivity contribution < 1.29 is 9.59 Å². The second-order valence-electron chi connectivity index (χ2n) is 8.33. The number of rotatable bonds is 4. The molecule has 2 amide bonds. The van der Waals surface area contributed by atoms with Gasteiger partial charge < -0.3 is 15.1 Å². The van der Waals surface area contributed by atoms with Crippen molar-refractivity contribution in [3.8, 4) is 0 Å². The maximum Gasteiger partial charge on any atom is 0.272 e. The fraction of sp³-hybridized carbons (Fsp3) is 0.478. The summed E-state index contributed by atoms with van der Waals surface area (Å²) in [5, 5.41) is 3.13. The van der Waals surface area contributed by atoms with Crippen LogP contribution in [-0.4, -0.2) is 70.9 Å². The Kier molecular flexibility index (Phi) is 6.38. The number of aromatic nitrogens is 2. The number of carbonyl (C=O) groups is 2. The molecule has 158 valence electrons. The molecule has 2 aromatic heterocycles. The van der Waals surface area contributed by atoms with Gasteiger partial charge in [0.2, 0.25) is 0 Å². The third-order valence-electron chi connectivity index (χ3n) is 6.09. The van der Waals surface area contributed by atoms with E-state index in [1.165, 1.54) is 0 Å². The zero-order valence-corrected chi connectivity index (χ0v) is 17.5. The molecule has 0 aromatic carbocycles. The van der Waals surface area contributed by atoms with E-state index in [-0.39, 0.29) is 17.9 Å². The number of piperidine rings is 2. The molecule has 0 spiro atoms. The molecule has 2 aliphatic rings. The lowest BCUT2D eigenvalue weighted by Crippen LogP contribution is -2.46. The van der Waals surface area contributed by atoms with E-state index in [2.05, 4.69) is 27.2 Å². The summed E-state index contributed by atoms with van der Waals surface area (Å²) in [6, 6.07) is 9.44. The number of likely N-dealkylation sites (tertiary alicyclic amines) is 2. The van der Waals surface area contributed by atoms with E-state index in [1.54, 1.807) is 18.5 Å². The molecule has 4 rings (SSSR count). The molecule has 2 aromatic rings. The summed E-state index contributed by atoms with van der Waals surface area (Å²) < 4.78 is 0. The van der Waals surface area contributed by atoms with Gasteiger partial charge in [-0.15, -0.1) is 0 Å². The van der Waals surface area contributed by atoms with Gasteiger partial charge in [-0.3, -0.25) is 19.6 Å². The highest BCUT2D eigenvalue weighted by Gasteiger charge is 2.26. The lowest BCUT2D eigenvalue weighted by molar-refractivity contribution is 0.0705. The van der Waals surface area contributed by atoms with Crippen LogP contribution in [-0.2, 0) is 0 Å². The Morgan fingerprint density at radius 2 is 1.87 bits per heavy atom. The molecule has 2 fully saturated rings. The van der Waals surface area contributed by atoms with Crippen LogP contribution < -0.4 is 5.32 Å². The van der Waals surface area contributed by atoms with Crippen LogP contribution in [0, 0.1) is 0 Å². The minimum absolute atomic E-state index is 0.0117. The fourth-order valence-corrected chi connectivity index (χ4v) is 4.36. The summed E-state index contributed by atoms with van der Waals surface area (Å²) in [5.41, 5.74) is 2.09. The Morgan fingerprint density at radius 1 is 1.03 bits per heavy atom. The fourth-order valence-electron chi connectivity index (χ4n) is 4.36. The van der Waals surface area contributed by atoms with E-state index >= 15 is 0 Å². The molecular formula is C23H29N5O2. The minimum Gasteiger partial charge on any atom is -0.348 e. The number of carbonyl (C=O) groups excluding carboxylic acids is 2. The number of hydrogen-bond donors (Lipinski definition) is 1. The number of amides is 2. The zero-order chi connectivity index (χ0) is 20.9. The topological polar surface area (TPSA) is 78.4 Å². The predicted octanol–water partition coefficient (Wildman–Crippen LogP) is 2.32. The molecule has 1 unspecified atom stereocenters. The second kappa shape index (κ2) is 9.34. The Hall–Kier alpha value is -2.80. The number of pyridine rings is 2. The van der Waals surface area contributed by atoms with Gasteiger partial charge in [-0.1, -0.05) is 6.07 Å². The van der Waals surface area contributed by atoms with Crippen LogP contribution in [0.1, 0.15) is 58.1 Å². The summed E-state index contributed by atoms with van der Waals surface area (Å²) in [6.45, 7) is 3.38. The first-order chi connectivity index (χ1) is 14.6. The monoisotopic (exact) mass is 407 g/mol. The van der Waals surface area contributed by atoms with Crippen LogP contribution in [0.15, 0.2) is 42.7 Å². The van der Waals surface area contributed by atoms with Gasteiger partial charge in [0.05, 0.1) is 5.56 Å². The van der Waals surface area contributed by atoms with Crippen molar-refractivity contribution >= 4 is 11.8 Å². The summed E-state index contributed by atoms with van der Waals surface area (Å²) >= 11 is 0. The van der Waals surface area contributed by atoms with Crippen LogP contribution in [0.2, 0.25) is 0 Å². The number of nitrogens with zero attached hydrogens (tertiary/aromatic N) is 4. The largest absolute Gasteiger partial charge is 0.348 e. The van der Waals surface area contributed by atoms with E-state index in [9.17, 15) is 9.59 Å². The molecular weight excluding hydrogens is 378 g/mol. The van der Waals surface area contributed by atoms with Crippen molar-refractivity contribution in [1.82, 2.24) is 25.1 Å². The van der Waals surface area contributed by atoms with Gasteiger partial charge in [-0.2, -0.15) is 0 Å². The Bertz CT molecular complexity index is 863. The third kappa shape index (κ3) is 4.84. The van der Waals surface area contributed by atoms with Gasteiger partial charge in [0.25, 0.3) is 11.8 Å². The number of likely N-dealkylation sites (N-methyl/N-ethyl adjacent to an activating group) is 1. The van der Waals surface area contributed by atoms with Gasteiger partial charge in [-0.25, -0.2) is 0 Å². The van der Waals surface area contributed by atoms with Gasteiger partial charge in [-0.05, 0) is 63.5 Å². The lowest BCUT2D eigenvalue weighted by atomic mass is 9.92. The van der Waals surface area contributed by atoms with E-state index in [0.29, 0.717) is 30.3 Å². The van der Waals surface area contributed by atoms with Crippen LogP contribution in [0.3, 0.4) is 0 Å². The SMILES string of the molecule is CN1CCCC(NC(=O)c2ccc(C3CCN(C(=O)c4ccccn4)CC3)nc2)C1. The van der Waals surface area contributed by atoms with E-state index in [1.807, 2.05) is 29.2 Å². The lowest BCUT2D eigenvalue weighted by Gasteiger charge is -2.31. The maximum atomic E-state index is 12.5. The van der Waals surface area contributed by atoms with Gasteiger partial charge in [0.15, 0.2) is 0 Å². The van der Waals surface area contributed by atoms with Crippen LogP contribution in [0.5, 0.6) is 0 Å². The molecule has 2 saturated heterocycles. The summed E-state index contributed by atoms with van der Waals surface area (Å²) in [6.07, 6.45) is 7.20. The van der Waals surface area contributed by atoms with Gasteiger partial charge in [0, 0.05) is 49.7 Å². The highest BCUT2D eigenvalue weighted by Crippen LogP contribution is 2.27. The first kappa shape index (κ1) is 20.5. The van der Waals surface area contributed by atoms with Crippen LogP contribution in [0.25, 0.3) is 0 Å². The minimum atomic E-state index is -0.0508. The predicted molar refractivity (Wildman–Crippen MR) is 114 cm³/mol. The first-order valence-corrected chi connectivity index (χ1v) is 10.8. The molecule has 0 aliphatic carbocycles. The van der Waals surface area contributed by atoms with Crippen LogP contribution >= 0.6 is 0 Å². The van der Waals surface area contributed by atoms with Crippen molar-refractivity contribution in [3.63, 3.8) is 0 Å². The van der Waals surface area contributed by atoms with Crippen molar-refractivity contribution in [1.29, 1.82) is 0 Å². The molecule has 0 bridgehead atoms. The van der Waals surface area contributed by atoms with Gasteiger partial charge >= 0.3 is 0 Å². The molecule has 0 saturated carbocycles. The van der Waals surface area contributed by atoms with Crippen molar-refractivity contribution in [2.45, 2.75) is 37.6 Å². The molecule has 2 aliphatic heterocycles. The standard InChI is InChI=1S/C23H29N5O2/c1-27-12-4-5-19(16-27)26-22(29)18-7-8-20(25-15-18)17-9-13-28(14-10-17)23(30)21-6-2-3-11-24-21/h2-3,6-8,11,15,17,19H,4-5,9-10,12-14,16H2,1H3,(H,26,29). The highest BCUT2D eigenvalue weighted by atomic mass is 16.2. The van der Waals surface area contributed by atoms with E-state index < -0.39 is 0 Å². The quantitative estimate of drug-likeness (QED) is 0.842. The van der Waals surface area contributed by atoms with E-state index in [4.69, 9.17) is 0 Å². The first-order valence-electron chi connectivity index (χ1n) is 10.8. The second-order valence-corrected chi connectivity index (χ2v) is 8.33. The highest BCUT2D eigenvalue weighted by molar-refractivity contribution is 5.94. The maximum absolute atomic E-state index is 12.5. The van der Waals surface area contributed by atoms with Crippen molar-refractivity contribution in [2.24, 2.45) is 0 Å². The zero-order valence-electron chi connectivity index (χ0n) is 17.5. The number of nitrogens with one attached hydrogen (secondary N) is 1. The third-order valence-corrected chi connectivity index (χ3v) is 6.09. The normalized spacial score (nSPS) is 20.7. The molecule has 7 heteroatoms. The molecule has 0 radical (unpaired) electrons. The smallest absolute Gasteiger partial charge is 0.272 e. The Labute approximate surface area is 177 Å². The molecule has 4 heterocycles. The van der Waals surface area contributed by atoms with Gasteiger partial charge in [0.1, 0.15) is 5.69 Å². The van der Waals surface area contributed by atoms with Crippen LogP contribution in [0.4, 0.5) is 0 Å². The molecule has 7 nitrogen and oxygen atoms in total. The Morgan fingerprint density at radius 3 is 2.53 bits per heavy atom. The molecule has 1 N–H and O–H groups in total. The number of hydrogen-bond acceptors (Lipinski definition) is 5. The summed E-state index contributed by atoms with van der Waals surface area (Å²) in [5.74, 6) is 0.245. The average molecular weight is 408 g/mol. The van der Waals surface area contributed by atoms with Crippen molar-refractivity contribution in [2.75, 3.05) is 33.2 Å². The van der Waals surface area contributed by atoms with Crippen molar-refractivity contribution in [3.05, 3.63) is 59.7 Å². The van der Waals surface area contributed by atoms with E-state index in [0.717, 1.165) is 44.5 Å². The summed E-state index contributed by atoms with van der Waals surface area (Å²) in [4.78, 5) is 37.9. The average Bonchev–Trinajstić information content (AvgIpc) is 2.79. The Balaban J connectivity index is 1.30. The molecule has 30 heavy (non-hydrogen) atoms.